The van der Waals surface area contributed by atoms with Crippen LogP contribution in [0.1, 0.15) is 34.3 Å². The largest absolute Gasteiger partial charge is 0.369 e. The van der Waals surface area contributed by atoms with Crippen LogP contribution in [-0.4, -0.2) is 79.4 Å². The molecule has 2 N–H and O–H groups in total. The van der Waals surface area contributed by atoms with E-state index in [2.05, 4.69) is 39.6 Å². The summed E-state index contributed by atoms with van der Waals surface area (Å²) < 4.78 is 0. The van der Waals surface area contributed by atoms with Gasteiger partial charge in [0, 0.05) is 68.3 Å². The van der Waals surface area contributed by atoms with E-state index in [9.17, 15) is 19.2 Å². The summed E-state index contributed by atoms with van der Waals surface area (Å²) in [4.78, 5) is 57.9. The summed E-state index contributed by atoms with van der Waals surface area (Å²) >= 11 is 0. The first-order chi connectivity index (χ1) is 17.9. The third-order valence-corrected chi connectivity index (χ3v) is 7.85. The van der Waals surface area contributed by atoms with E-state index in [-0.39, 0.29) is 30.8 Å². The number of likely N-dealkylation sites (N-methyl/N-ethyl adjacent to an activating group) is 1. The van der Waals surface area contributed by atoms with Gasteiger partial charge in [0.05, 0.1) is 0 Å². The van der Waals surface area contributed by atoms with Crippen LogP contribution in [0.3, 0.4) is 0 Å². The molecule has 2 fully saturated rings. The van der Waals surface area contributed by atoms with Gasteiger partial charge in [-0.2, -0.15) is 0 Å². The van der Waals surface area contributed by atoms with Gasteiger partial charge in [0.2, 0.25) is 11.8 Å². The molecule has 4 aliphatic rings. The second-order valence-corrected chi connectivity index (χ2v) is 10.2. The molecule has 37 heavy (non-hydrogen) atoms. The van der Waals surface area contributed by atoms with Gasteiger partial charge in [-0.15, -0.1) is 0 Å². The predicted octanol–water partition coefficient (Wildman–Crippen LogP) is 1.79. The van der Waals surface area contributed by atoms with Crippen LogP contribution in [0.25, 0.3) is 0 Å². The number of hydrogen-bond acceptors (Lipinski definition) is 6. The van der Waals surface area contributed by atoms with Crippen molar-refractivity contribution < 1.29 is 19.2 Å². The second kappa shape index (κ2) is 9.19. The smallest absolute Gasteiger partial charge is 0.326 e. The fraction of sp³-hybridized carbons (Fsp3) is 0.407. The van der Waals surface area contributed by atoms with Crippen LogP contribution in [0.5, 0.6) is 0 Å². The summed E-state index contributed by atoms with van der Waals surface area (Å²) in [5, 5.41) is 5.29. The molecule has 2 aromatic carbocycles. The van der Waals surface area contributed by atoms with Gasteiger partial charge in [0.25, 0.3) is 5.91 Å². The first-order valence-corrected chi connectivity index (χ1v) is 12.8. The van der Waals surface area contributed by atoms with Crippen LogP contribution in [0.15, 0.2) is 36.4 Å². The van der Waals surface area contributed by atoms with E-state index < -0.39 is 11.9 Å². The average Bonchev–Trinajstić information content (AvgIpc) is 3.45. The highest BCUT2D eigenvalue weighted by Crippen LogP contribution is 2.33. The minimum atomic E-state index is -0.660. The fourth-order valence-corrected chi connectivity index (χ4v) is 5.70. The quantitative estimate of drug-likeness (QED) is 0.621. The molecule has 2 saturated heterocycles. The Balaban J connectivity index is 1.13. The van der Waals surface area contributed by atoms with E-state index in [0.29, 0.717) is 24.2 Å². The number of fused-ring (bicyclic) bond motifs is 2. The van der Waals surface area contributed by atoms with Gasteiger partial charge in [-0.25, -0.2) is 4.79 Å². The average molecular weight is 503 g/mol. The molecular weight excluding hydrogens is 472 g/mol. The number of imide groups is 1. The van der Waals surface area contributed by atoms with Crippen molar-refractivity contribution in [1.29, 1.82) is 0 Å². The zero-order chi connectivity index (χ0) is 25.7. The highest BCUT2D eigenvalue weighted by molar-refractivity contribution is 6.06. The summed E-state index contributed by atoms with van der Waals surface area (Å²) in [7, 11) is 2.14. The molecule has 4 aliphatic heterocycles. The molecule has 1 atom stereocenters. The lowest BCUT2D eigenvalue weighted by molar-refractivity contribution is -0.136. The molecule has 10 heteroatoms. The van der Waals surface area contributed by atoms with Gasteiger partial charge in [-0.05, 0) is 67.4 Å². The molecular formula is C27H30N6O4. The summed E-state index contributed by atoms with van der Waals surface area (Å²) in [6.07, 6.45) is 1.34. The number of hydrogen-bond donors (Lipinski definition) is 2. The lowest BCUT2D eigenvalue weighted by Crippen LogP contribution is -2.52. The maximum absolute atomic E-state index is 13.2. The zero-order valence-electron chi connectivity index (χ0n) is 20.8. The van der Waals surface area contributed by atoms with Crippen LogP contribution < -0.4 is 20.4 Å². The Morgan fingerprint density at radius 2 is 1.76 bits per heavy atom. The van der Waals surface area contributed by atoms with E-state index in [1.807, 2.05) is 6.07 Å². The van der Waals surface area contributed by atoms with Crippen molar-refractivity contribution in [1.82, 2.24) is 15.1 Å². The highest BCUT2D eigenvalue weighted by atomic mass is 16.2. The maximum Gasteiger partial charge on any atom is 0.326 e. The SMILES string of the molecule is CN1CCN(c2ccc3c(c2)CCN3C(=O)Nc2ccc3c(c2)CN(C2CCC(=O)NC2=O)C3=O)CC1. The van der Waals surface area contributed by atoms with Crippen molar-refractivity contribution in [2.24, 2.45) is 0 Å². The van der Waals surface area contributed by atoms with Crippen LogP contribution in [0.4, 0.5) is 21.9 Å². The van der Waals surface area contributed by atoms with Gasteiger partial charge in [-0.1, -0.05) is 0 Å². The topological polar surface area (TPSA) is 105 Å². The van der Waals surface area contributed by atoms with Crippen molar-refractivity contribution in [3.63, 3.8) is 0 Å². The first-order valence-electron chi connectivity index (χ1n) is 12.8. The first kappa shape index (κ1) is 23.5. The number of anilines is 3. The summed E-state index contributed by atoms with van der Waals surface area (Å²) in [5.41, 5.74) is 5.18. The minimum Gasteiger partial charge on any atom is -0.369 e. The Morgan fingerprint density at radius 1 is 0.946 bits per heavy atom. The summed E-state index contributed by atoms with van der Waals surface area (Å²) in [5.74, 6) is -0.976. The number of amides is 5. The van der Waals surface area contributed by atoms with Gasteiger partial charge in [0.1, 0.15) is 6.04 Å². The molecule has 0 spiro atoms. The van der Waals surface area contributed by atoms with E-state index in [1.165, 1.54) is 16.2 Å². The maximum atomic E-state index is 13.2. The molecule has 192 valence electrons. The molecule has 5 amide bonds. The minimum absolute atomic E-state index is 0.211. The molecule has 4 heterocycles. The third kappa shape index (κ3) is 4.31. The number of nitrogens with zero attached hydrogens (tertiary/aromatic N) is 4. The number of urea groups is 1. The van der Waals surface area contributed by atoms with Crippen molar-refractivity contribution >= 4 is 40.8 Å². The molecule has 2 aromatic rings. The normalized spacial score (nSPS) is 21.7. The van der Waals surface area contributed by atoms with Gasteiger partial charge in [-0.3, -0.25) is 24.6 Å². The van der Waals surface area contributed by atoms with E-state index in [1.54, 1.807) is 23.1 Å². The van der Waals surface area contributed by atoms with Crippen molar-refractivity contribution in [3.05, 3.63) is 53.1 Å². The lowest BCUT2D eigenvalue weighted by atomic mass is 10.0. The van der Waals surface area contributed by atoms with Crippen LogP contribution in [-0.2, 0) is 22.6 Å². The molecule has 0 radical (unpaired) electrons. The molecule has 6 rings (SSSR count). The van der Waals surface area contributed by atoms with Gasteiger partial charge >= 0.3 is 6.03 Å². The van der Waals surface area contributed by atoms with Gasteiger partial charge in [0.15, 0.2) is 0 Å². The summed E-state index contributed by atoms with van der Waals surface area (Å²) in [6.45, 7) is 4.97. The number of rotatable bonds is 3. The van der Waals surface area contributed by atoms with Crippen molar-refractivity contribution in [2.45, 2.75) is 31.8 Å². The number of piperidine rings is 1. The standard InChI is InChI=1S/C27H30N6O4/c1-30-10-12-31(13-11-30)20-3-5-22-17(15-20)8-9-32(22)27(37)28-19-2-4-21-18(14-19)16-33(26(21)36)23-6-7-24(34)29-25(23)35/h2-5,14-15,23H,6-13,16H2,1H3,(H,28,37)(H,29,34,35). The Hall–Kier alpha value is -3.92. The molecule has 1 unspecified atom stereocenters. The molecule has 0 saturated carbocycles. The van der Waals surface area contributed by atoms with E-state index >= 15 is 0 Å². The van der Waals surface area contributed by atoms with Crippen LogP contribution >= 0.6 is 0 Å². The summed E-state index contributed by atoms with van der Waals surface area (Å²) in [6, 6.07) is 10.7. The van der Waals surface area contributed by atoms with Crippen molar-refractivity contribution in [2.75, 3.05) is 54.9 Å². The lowest BCUT2D eigenvalue weighted by Gasteiger charge is -2.34. The highest BCUT2D eigenvalue weighted by Gasteiger charge is 2.39. The van der Waals surface area contributed by atoms with E-state index in [4.69, 9.17) is 0 Å². The van der Waals surface area contributed by atoms with Crippen LogP contribution in [0.2, 0.25) is 0 Å². The molecule has 0 aliphatic carbocycles. The van der Waals surface area contributed by atoms with Gasteiger partial charge < -0.3 is 20.0 Å². The number of carbonyl (C=O) groups excluding carboxylic acids is 4. The Bertz CT molecular complexity index is 1300. The fourth-order valence-electron chi connectivity index (χ4n) is 5.70. The number of piperazine rings is 1. The third-order valence-electron chi connectivity index (χ3n) is 7.85. The van der Waals surface area contributed by atoms with E-state index in [0.717, 1.165) is 43.9 Å². The number of benzene rings is 2. The molecule has 0 aromatic heterocycles. The zero-order valence-corrected chi connectivity index (χ0v) is 20.8. The number of carbonyl (C=O) groups is 4. The Kier molecular flexibility index (Phi) is 5.83. The molecule has 0 bridgehead atoms. The number of nitrogens with one attached hydrogen (secondary N) is 2. The monoisotopic (exact) mass is 502 g/mol. The second-order valence-electron chi connectivity index (χ2n) is 10.2. The van der Waals surface area contributed by atoms with Crippen molar-refractivity contribution in [3.8, 4) is 0 Å². The molecule has 10 nitrogen and oxygen atoms in total. The predicted molar refractivity (Wildman–Crippen MR) is 139 cm³/mol. The Labute approximate surface area is 215 Å². The van der Waals surface area contributed by atoms with Crippen LogP contribution in [0, 0.1) is 0 Å². The Morgan fingerprint density at radius 3 is 2.54 bits per heavy atom.